The number of rotatable bonds is 6. The van der Waals surface area contributed by atoms with Crippen LogP contribution in [-0.4, -0.2) is 87.1 Å². The molecule has 0 radical (unpaired) electrons. The summed E-state index contributed by atoms with van der Waals surface area (Å²) in [6.07, 6.45) is 3.25. The molecule has 2 aliphatic rings. The molecule has 2 aliphatic heterocycles. The summed E-state index contributed by atoms with van der Waals surface area (Å²) in [7, 11) is -7.59. The molecule has 0 bridgehead atoms. The molecule has 6 heterocycles. The first-order valence-corrected chi connectivity index (χ1v) is 22.9. The van der Waals surface area contributed by atoms with Gasteiger partial charge in [-0.1, -0.05) is 66.2 Å². The summed E-state index contributed by atoms with van der Waals surface area (Å²) >= 11 is 9.44. The Labute approximate surface area is 349 Å². The lowest BCUT2D eigenvalue weighted by Crippen LogP contribution is -2.44. The summed E-state index contributed by atoms with van der Waals surface area (Å²) < 4.78 is 57.3. The average molecular weight is 898 g/mol. The first-order valence-electron chi connectivity index (χ1n) is 18.8. The zero-order valence-electron chi connectivity index (χ0n) is 31.1. The highest BCUT2D eigenvalue weighted by Crippen LogP contribution is 2.37. The molecule has 10 rings (SSSR count). The number of pyridine rings is 2. The molecule has 4 aromatic heterocycles. The van der Waals surface area contributed by atoms with Crippen molar-refractivity contribution in [2.75, 3.05) is 62.2 Å². The Morgan fingerprint density at radius 3 is 1.55 bits per heavy atom. The number of anilines is 2. The van der Waals surface area contributed by atoms with Gasteiger partial charge in [-0.05, 0) is 70.5 Å². The van der Waals surface area contributed by atoms with Crippen LogP contribution in [0.15, 0.2) is 136 Å². The summed E-state index contributed by atoms with van der Waals surface area (Å²) in [5.41, 5.74) is 2.87. The second kappa shape index (κ2) is 15.6. The lowest BCUT2D eigenvalue weighted by atomic mass is 10.1. The predicted octanol–water partition coefficient (Wildman–Crippen LogP) is 7.09. The van der Waals surface area contributed by atoms with E-state index in [9.17, 15) is 16.8 Å². The number of hydrogen-bond donors (Lipinski definition) is 2. The molecule has 8 aromatic rings. The molecular formula is C42H38BrClN8O4S2. The SMILES string of the molecule is O=S(=O)(c1cccc(Cl)c1)n1ccc2c(N3CCNCC3)nc3ccccc3c21.O=S(=O)(c1ccccc1Br)n1ccc2c(N3CCNCC3)nc3ccccc3c21. The molecule has 16 heteroatoms. The molecule has 4 aromatic carbocycles. The van der Waals surface area contributed by atoms with Crippen molar-refractivity contribution in [3.05, 3.63) is 131 Å². The van der Waals surface area contributed by atoms with Gasteiger partial charge in [0.2, 0.25) is 0 Å². The fraction of sp³-hybridized carbons (Fsp3) is 0.190. The molecule has 296 valence electrons. The molecule has 0 amide bonds. The van der Waals surface area contributed by atoms with E-state index >= 15 is 0 Å². The summed E-state index contributed by atoms with van der Waals surface area (Å²) in [5.74, 6) is 1.65. The van der Waals surface area contributed by atoms with Gasteiger partial charge in [0, 0.05) is 95.8 Å². The highest BCUT2D eigenvalue weighted by molar-refractivity contribution is 9.10. The minimum absolute atomic E-state index is 0.159. The van der Waals surface area contributed by atoms with Crippen LogP contribution in [0.2, 0.25) is 5.02 Å². The van der Waals surface area contributed by atoms with Crippen molar-refractivity contribution in [1.82, 2.24) is 28.5 Å². The van der Waals surface area contributed by atoms with Crippen LogP contribution in [0, 0.1) is 0 Å². The van der Waals surface area contributed by atoms with E-state index in [-0.39, 0.29) is 9.79 Å². The fourth-order valence-electron chi connectivity index (χ4n) is 7.75. The highest BCUT2D eigenvalue weighted by atomic mass is 79.9. The van der Waals surface area contributed by atoms with Crippen molar-refractivity contribution in [1.29, 1.82) is 0 Å². The van der Waals surface area contributed by atoms with Crippen LogP contribution in [-0.2, 0) is 20.0 Å². The number of nitrogens with one attached hydrogen (secondary N) is 2. The van der Waals surface area contributed by atoms with E-state index in [0.717, 1.165) is 96.6 Å². The van der Waals surface area contributed by atoms with E-state index in [1.165, 1.54) is 14.0 Å². The smallest absolute Gasteiger partial charge is 0.269 e. The minimum atomic E-state index is -3.81. The molecule has 2 fully saturated rings. The standard InChI is InChI=1S/C21H19BrN4O2S.C21H19ClN4O2S/c22-17-6-2-4-8-19(17)29(27,28)26-12-9-16-20(26)15-5-1-3-7-18(15)24-21(16)25-13-10-23-11-14-25;22-15-4-3-5-16(14-15)29(27,28)26-11-8-18-20(26)17-6-1-2-7-19(17)24-21(18)25-12-9-23-10-13-25/h1-9,12,23H,10-11,13-14H2;1-8,11,14,23H,9-10,12-13H2. The van der Waals surface area contributed by atoms with E-state index in [1.807, 2.05) is 60.7 Å². The van der Waals surface area contributed by atoms with Crippen LogP contribution < -0.4 is 20.4 Å². The number of benzene rings is 4. The first-order chi connectivity index (χ1) is 28.1. The largest absolute Gasteiger partial charge is 0.353 e. The third-order valence-electron chi connectivity index (χ3n) is 10.5. The second-order valence-electron chi connectivity index (χ2n) is 14.0. The molecule has 0 saturated carbocycles. The van der Waals surface area contributed by atoms with Crippen LogP contribution in [0.4, 0.5) is 11.6 Å². The van der Waals surface area contributed by atoms with Crippen LogP contribution in [0.3, 0.4) is 0 Å². The molecule has 0 atom stereocenters. The van der Waals surface area contributed by atoms with Crippen LogP contribution >= 0.6 is 27.5 Å². The van der Waals surface area contributed by atoms with Gasteiger partial charge >= 0.3 is 0 Å². The monoisotopic (exact) mass is 896 g/mol. The quantitative estimate of drug-likeness (QED) is 0.178. The molecule has 58 heavy (non-hydrogen) atoms. The Kier molecular flexibility index (Phi) is 10.4. The zero-order chi connectivity index (χ0) is 40.0. The molecule has 12 nitrogen and oxygen atoms in total. The van der Waals surface area contributed by atoms with E-state index in [2.05, 4.69) is 36.4 Å². The molecular weight excluding hydrogens is 860 g/mol. The van der Waals surface area contributed by atoms with Gasteiger partial charge in [-0.15, -0.1) is 0 Å². The normalized spacial score (nSPS) is 15.3. The molecule has 0 spiro atoms. The molecule has 0 unspecified atom stereocenters. The molecule has 0 aliphatic carbocycles. The lowest BCUT2D eigenvalue weighted by molar-refractivity contribution is 0.586. The van der Waals surface area contributed by atoms with Gasteiger partial charge in [0.05, 0.1) is 27.0 Å². The van der Waals surface area contributed by atoms with Gasteiger partial charge in [-0.2, -0.15) is 0 Å². The van der Waals surface area contributed by atoms with Gasteiger partial charge in [0.25, 0.3) is 20.0 Å². The summed E-state index contributed by atoms with van der Waals surface area (Å²) in [4.78, 5) is 14.6. The van der Waals surface area contributed by atoms with Crippen molar-refractivity contribution in [2.45, 2.75) is 9.79 Å². The van der Waals surface area contributed by atoms with Crippen molar-refractivity contribution in [2.24, 2.45) is 0 Å². The molecule has 2 N–H and O–H groups in total. The maximum atomic E-state index is 13.5. The zero-order valence-corrected chi connectivity index (χ0v) is 35.1. The number of para-hydroxylation sites is 2. The summed E-state index contributed by atoms with van der Waals surface area (Å²) in [6, 6.07) is 32.3. The van der Waals surface area contributed by atoms with Crippen molar-refractivity contribution < 1.29 is 16.8 Å². The van der Waals surface area contributed by atoms with Crippen LogP contribution in [0.25, 0.3) is 43.6 Å². The van der Waals surface area contributed by atoms with Gasteiger partial charge in [-0.3, -0.25) is 0 Å². The number of fused-ring (bicyclic) bond motifs is 6. The Balaban J connectivity index is 0.000000150. The predicted molar refractivity (Wildman–Crippen MR) is 235 cm³/mol. The summed E-state index contributed by atoms with van der Waals surface area (Å²) in [5, 5.41) is 10.4. The van der Waals surface area contributed by atoms with E-state index < -0.39 is 20.0 Å². The highest BCUT2D eigenvalue weighted by Gasteiger charge is 2.27. The summed E-state index contributed by atoms with van der Waals surface area (Å²) in [6.45, 7) is 6.83. The second-order valence-corrected chi connectivity index (χ2v) is 18.9. The Morgan fingerprint density at radius 2 is 1.03 bits per heavy atom. The number of halogens is 2. The third kappa shape index (κ3) is 6.88. The third-order valence-corrected chi connectivity index (χ3v) is 15.1. The van der Waals surface area contributed by atoms with E-state index in [4.69, 9.17) is 21.6 Å². The van der Waals surface area contributed by atoms with Gasteiger partial charge < -0.3 is 20.4 Å². The Morgan fingerprint density at radius 1 is 0.552 bits per heavy atom. The fourth-order valence-corrected chi connectivity index (χ4v) is 11.7. The minimum Gasteiger partial charge on any atom is -0.353 e. The Hall–Kier alpha value is -5.03. The van der Waals surface area contributed by atoms with Gasteiger partial charge in [0.15, 0.2) is 0 Å². The number of hydrogen-bond acceptors (Lipinski definition) is 10. The number of nitrogens with zero attached hydrogens (tertiary/aromatic N) is 6. The van der Waals surface area contributed by atoms with Crippen molar-refractivity contribution in [3.63, 3.8) is 0 Å². The Bertz CT molecular complexity index is 3070. The first kappa shape index (κ1) is 38.5. The topological polar surface area (TPSA) is 134 Å². The van der Waals surface area contributed by atoms with Gasteiger partial charge in [0.1, 0.15) is 16.5 Å². The molecule has 2 saturated heterocycles. The number of aromatic nitrogens is 4. The maximum Gasteiger partial charge on any atom is 0.269 e. The van der Waals surface area contributed by atoms with Crippen LogP contribution in [0.1, 0.15) is 0 Å². The maximum absolute atomic E-state index is 13.5. The van der Waals surface area contributed by atoms with Gasteiger partial charge in [-0.25, -0.2) is 34.7 Å². The van der Waals surface area contributed by atoms with E-state index in [0.29, 0.717) is 20.5 Å². The van der Waals surface area contributed by atoms with Crippen LogP contribution in [0.5, 0.6) is 0 Å². The number of piperazine rings is 2. The van der Waals surface area contributed by atoms with Crippen molar-refractivity contribution in [3.8, 4) is 0 Å². The average Bonchev–Trinajstić information content (AvgIpc) is 3.92. The van der Waals surface area contributed by atoms with Crippen molar-refractivity contribution >= 4 is 103 Å². The van der Waals surface area contributed by atoms with E-state index in [1.54, 1.807) is 54.9 Å². The lowest BCUT2D eigenvalue weighted by Gasteiger charge is -2.29.